The number of hydrazone groups is 1. The molecular formula is C7H18N4O. The van der Waals surface area contributed by atoms with Crippen molar-refractivity contribution in [3.8, 4) is 0 Å². The van der Waals surface area contributed by atoms with E-state index in [9.17, 15) is 0 Å². The summed E-state index contributed by atoms with van der Waals surface area (Å²) in [6.07, 6.45) is 5.38. The van der Waals surface area contributed by atoms with Crippen molar-refractivity contribution < 1.29 is 5.48 Å². The maximum Gasteiger partial charge on any atom is 0.0427 e. The lowest BCUT2D eigenvalue weighted by Crippen LogP contribution is -2.18. The summed E-state index contributed by atoms with van der Waals surface area (Å²) >= 11 is 0. The predicted molar refractivity (Wildman–Crippen MR) is 49.4 cm³/mol. The fourth-order valence-corrected chi connectivity index (χ4v) is 1.69. The van der Waals surface area contributed by atoms with Gasteiger partial charge in [-0.05, 0) is 19.3 Å². The zero-order valence-corrected chi connectivity index (χ0v) is 7.21. The van der Waals surface area contributed by atoms with Crippen molar-refractivity contribution >= 4 is 5.71 Å². The van der Waals surface area contributed by atoms with Gasteiger partial charge in [0.25, 0.3) is 0 Å². The van der Waals surface area contributed by atoms with Crippen LogP contribution in [0.2, 0.25) is 0 Å². The Bertz CT molecular complexity index is 148. The second kappa shape index (κ2) is 5.93. The molecule has 7 N–H and O–H groups in total. The fraction of sp³-hybridized carbons (Fsp3) is 0.857. The second-order valence-corrected chi connectivity index (χ2v) is 2.91. The molecule has 0 amide bonds. The topological polar surface area (TPSA) is 108 Å². The Morgan fingerprint density at radius 2 is 2.08 bits per heavy atom. The molecule has 1 unspecified atom stereocenters. The zero-order valence-electron chi connectivity index (χ0n) is 7.21. The maximum atomic E-state index is 4.22. The van der Waals surface area contributed by atoms with Gasteiger partial charge in [-0.1, -0.05) is 6.42 Å². The van der Waals surface area contributed by atoms with Crippen LogP contribution >= 0.6 is 0 Å². The highest BCUT2D eigenvalue weighted by Crippen LogP contribution is 2.23. The van der Waals surface area contributed by atoms with E-state index in [0.717, 1.165) is 12.5 Å². The first-order valence-corrected chi connectivity index (χ1v) is 4.09. The van der Waals surface area contributed by atoms with Crippen molar-refractivity contribution in [2.24, 2.45) is 22.7 Å². The van der Waals surface area contributed by atoms with Crippen LogP contribution in [0.15, 0.2) is 5.10 Å². The van der Waals surface area contributed by atoms with Gasteiger partial charge in [0.05, 0.1) is 0 Å². The molecule has 0 spiro atoms. The summed E-state index contributed by atoms with van der Waals surface area (Å²) in [6, 6.07) is 0. The summed E-state index contributed by atoms with van der Waals surface area (Å²) in [5, 5.41) is 4.22. The smallest absolute Gasteiger partial charge is 0.0427 e. The number of rotatable bonds is 0. The minimum atomic E-state index is 0. The van der Waals surface area contributed by atoms with E-state index in [1.54, 1.807) is 0 Å². The first-order chi connectivity index (χ1) is 5.47. The molecule has 0 saturated heterocycles. The van der Waals surface area contributed by atoms with Crippen molar-refractivity contribution in [2.45, 2.75) is 25.7 Å². The van der Waals surface area contributed by atoms with Crippen LogP contribution in [0, 0.1) is 5.92 Å². The van der Waals surface area contributed by atoms with E-state index in [2.05, 4.69) is 22.2 Å². The molecule has 5 nitrogen and oxygen atoms in total. The third-order valence-electron chi connectivity index (χ3n) is 2.27. The van der Waals surface area contributed by atoms with Gasteiger partial charge in [0.2, 0.25) is 0 Å². The van der Waals surface area contributed by atoms with E-state index >= 15 is 0 Å². The molecule has 5 heteroatoms. The lowest BCUT2D eigenvalue weighted by molar-refractivity contribution is 0.535. The van der Waals surface area contributed by atoms with Gasteiger partial charge in [-0.25, -0.2) is 0 Å². The van der Waals surface area contributed by atoms with Crippen molar-refractivity contribution in [1.29, 1.82) is 0 Å². The van der Waals surface area contributed by atoms with Gasteiger partial charge >= 0.3 is 0 Å². The summed E-state index contributed by atoms with van der Waals surface area (Å²) in [4.78, 5) is 0. The molecule has 0 aromatic heterocycles. The number of hydrazine groups is 1. The number of nitrogens with two attached hydrogens (primary N) is 2. The number of nitrogens with zero attached hydrogens (tertiary/aromatic N) is 1. The summed E-state index contributed by atoms with van der Waals surface area (Å²) in [7, 11) is 0. The number of hydrogen-bond donors (Lipinski definition) is 3. The average Bonchev–Trinajstić information content (AvgIpc) is 2.55. The molecule has 1 fully saturated rings. The number of hydrogen-bond acceptors (Lipinski definition) is 4. The molecule has 12 heavy (non-hydrogen) atoms. The van der Waals surface area contributed by atoms with Crippen molar-refractivity contribution in [2.75, 3.05) is 6.54 Å². The zero-order chi connectivity index (χ0) is 8.10. The van der Waals surface area contributed by atoms with Gasteiger partial charge in [-0.2, -0.15) is 5.10 Å². The number of fused-ring (bicyclic) bond motifs is 1. The van der Waals surface area contributed by atoms with Gasteiger partial charge in [-0.15, -0.1) is 0 Å². The predicted octanol–water partition coefficient (Wildman–Crippen LogP) is -0.870. The van der Waals surface area contributed by atoms with Crippen LogP contribution in [0.5, 0.6) is 0 Å². The average molecular weight is 174 g/mol. The van der Waals surface area contributed by atoms with E-state index in [1.165, 1.54) is 31.4 Å². The molecular weight excluding hydrogens is 156 g/mol. The van der Waals surface area contributed by atoms with Crippen molar-refractivity contribution in [1.82, 2.24) is 5.43 Å². The van der Waals surface area contributed by atoms with E-state index in [0.29, 0.717) is 0 Å². The highest BCUT2D eigenvalue weighted by molar-refractivity contribution is 5.88. The van der Waals surface area contributed by atoms with Gasteiger partial charge in [-0.3, -0.25) is 11.7 Å². The quantitative estimate of drug-likeness (QED) is 0.328. The fourth-order valence-electron chi connectivity index (χ4n) is 1.69. The Balaban J connectivity index is 0.000000378. The standard InChI is InChI=1S/C7H12N2.H4N2.H2O/c1-2-4-7-6(3-1)5-8-9-7;1-2;/h6,8H,1-5H2;1-2H2;1H2. The molecule has 2 aliphatic rings. The largest absolute Gasteiger partial charge is 0.412 e. The van der Waals surface area contributed by atoms with E-state index in [1.807, 2.05) is 0 Å². The molecule has 0 bridgehead atoms. The normalized spacial score (nSPS) is 25.2. The van der Waals surface area contributed by atoms with Crippen LogP contribution < -0.4 is 17.1 Å². The van der Waals surface area contributed by atoms with Crippen LogP contribution in [0.1, 0.15) is 25.7 Å². The van der Waals surface area contributed by atoms with Crippen molar-refractivity contribution in [3.05, 3.63) is 0 Å². The van der Waals surface area contributed by atoms with E-state index in [-0.39, 0.29) is 5.48 Å². The molecule has 0 aromatic carbocycles. The minimum absolute atomic E-state index is 0. The molecule has 1 heterocycles. The van der Waals surface area contributed by atoms with E-state index in [4.69, 9.17) is 0 Å². The van der Waals surface area contributed by atoms with Crippen LogP contribution in [-0.2, 0) is 0 Å². The van der Waals surface area contributed by atoms with Crippen LogP contribution in [0.25, 0.3) is 0 Å². The SMILES string of the molecule is C1CCC2CNN=C2C1.NN.O. The summed E-state index contributed by atoms with van der Waals surface area (Å²) < 4.78 is 0. The Morgan fingerprint density at radius 1 is 1.33 bits per heavy atom. The van der Waals surface area contributed by atoms with Crippen LogP contribution in [0.3, 0.4) is 0 Å². The van der Waals surface area contributed by atoms with Gasteiger partial charge in [0.15, 0.2) is 0 Å². The summed E-state index contributed by atoms with van der Waals surface area (Å²) in [5.41, 5.74) is 4.48. The third-order valence-corrected chi connectivity index (χ3v) is 2.27. The Labute approximate surface area is 72.5 Å². The van der Waals surface area contributed by atoms with Crippen molar-refractivity contribution in [3.63, 3.8) is 0 Å². The van der Waals surface area contributed by atoms with Crippen LogP contribution in [-0.4, -0.2) is 17.7 Å². The molecule has 2 rings (SSSR count). The summed E-state index contributed by atoms with van der Waals surface area (Å²) in [6.45, 7) is 1.11. The lowest BCUT2D eigenvalue weighted by atomic mass is 9.88. The Hall–Kier alpha value is -0.650. The molecule has 0 aromatic rings. The molecule has 1 atom stereocenters. The molecule has 1 aliphatic heterocycles. The van der Waals surface area contributed by atoms with Gasteiger partial charge in [0, 0.05) is 18.2 Å². The monoisotopic (exact) mass is 174 g/mol. The van der Waals surface area contributed by atoms with Gasteiger partial charge in [0.1, 0.15) is 0 Å². The second-order valence-electron chi connectivity index (χ2n) is 2.91. The van der Waals surface area contributed by atoms with E-state index < -0.39 is 0 Å². The number of nitrogens with one attached hydrogen (secondary N) is 1. The highest BCUT2D eigenvalue weighted by atomic mass is 16.0. The highest BCUT2D eigenvalue weighted by Gasteiger charge is 2.23. The van der Waals surface area contributed by atoms with Gasteiger partial charge < -0.3 is 10.9 Å². The molecule has 72 valence electrons. The Kier molecular flexibility index (Phi) is 5.61. The summed E-state index contributed by atoms with van der Waals surface area (Å²) in [5.74, 6) is 8.80. The first-order valence-electron chi connectivity index (χ1n) is 4.09. The molecule has 0 radical (unpaired) electrons. The maximum absolute atomic E-state index is 4.22. The Morgan fingerprint density at radius 3 is 2.75 bits per heavy atom. The molecule has 1 aliphatic carbocycles. The minimum Gasteiger partial charge on any atom is -0.412 e. The van der Waals surface area contributed by atoms with Crippen LogP contribution in [0.4, 0.5) is 0 Å². The third kappa shape index (κ3) is 2.44. The molecule has 1 saturated carbocycles. The first kappa shape index (κ1) is 11.4. The lowest BCUT2D eigenvalue weighted by Gasteiger charge is -2.16.